The van der Waals surface area contributed by atoms with Crippen molar-refractivity contribution in [2.24, 2.45) is 4.99 Å². The Kier molecular flexibility index (Phi) is 6.89. The molecule has 1 aromatic heterocycles. The van der Waals surface area contributed by atoms with Crippen molar-refractivity contribution in [1.82, 2.24) is 9.78 Å². The summed E-state index contributed by atoms with van der Waals surface area (Å²) in [7, 11) is 4.14. The van der Waals surface area contributed by atoms with Crippen LogP contribution in [0.4, 0.5) is 5.69 Å². The highest BCUT2D eigenvalue weighted by Crippen LogP contribution is 2.18. The van der Waals surface area contributed by atoms with Crippen LogP contribution in [0.3, 0.4) is 0 Å². The maximum absolute atomic E-state index is 13.2. The van der Waals surface area contributed by atoms with E-state index in [1.54, 1.807) is 62.6 Å². The first kappa shape index (κ1) is 22.5. The number of aliphatic imine (C=N–C) groups is 1. The molecule has 9 nitrogen and oxygen atoms in total. The summed E-state index contributed by atoms with van der Waals surface area (Å²) < 4.78 is 16.0. The van der Waals surface area contributed by atoms with Crippen LogP contribution < -0.4 is 10.3 Å². The van der Waals surface area contributed by atoms with E-state index in [-0.39, 0.29) is 17.5 Å². The molecular formula is C23H23N3O6. The van der Waals surface area contributed by atoms with Crippen LogP contribution in [0.2, 0.25) is 0 Å². The Morgan fingerprint density at radius 2 is 1.62 bits per heavy atom. The Hall–Kier alpha value is -4.14. The molecule has 0 unspecified atom stereocenters. The van der Waals surface area contributed by atoms with Crippen LogP contribution in [0.5, 0.6) is 5.75 Å². The molecule has 1 N–H and O–H groups in total. The third kappa shape index (κ3) is 4.77. The Labute approximate surface area is 184 Å². The average Bonchev–Trinajstić information content (AvgIpc) is 3.14. The Morgan fingerprint density at radius 3 is 2.19 bits per heavy atom. The van der Waals surface area contributed by atoms with Crippen LogP contribution in [0, 0.1) is 0 Å². The van der Waals surface area contributed by atoms with Gasteiger partial charge in [0, 0.05) is 0 Å². The Bertz CT molecular complexity index is 1200. The lowest BCUT2D eigenvalue weighted by atomic mass is 10.1. The molecule has 1 heterocycles. The highest BCUT2D eigenvalue weighted by Gasteiger charge is 2.20. The number of nitrogens with zero attached hydrogens (tertiary/aromatic N) is 2. The minimum atomic E-state index is -0.496. The zero-order chi connectivity index (χ0) is 23.3. The van der Waals surface area contributed by atoms with Gasteiger partial charge in [-0.15, -0.1) is 0 Å². The SMILES string of the molecule is COC(=O)Cc1[nH]n(-c2ccc(OC)cc2)c(=O)c1C(C)=Nc1ccc(C(=O)OC)cc1. The van der Waals surface area contributed by atoms with Crippen LogP contribution >= 0.6 is 0 Å². The number of carbonyl (C=O) groups is 2. The first-order chi connectivity index (χ1) is 15.4. The normalized spacial score (nSPS) is 11.2. The number of H-pyrrole nitrogens is 1. The van der Waals surface area contributed by atoms with E-state index in [4.69, 9.17) is 14.2 Å². The van der Waals surface area contributed by atoms with Crippen molar-refractivity contribution in [1.29, 1.82) is 0 Å². The predicted octanol–water partition coefficient (Wildman–Crippen LogP) is 2.82. The van der Waals surface area contributed by atoms with Gasteiger partial charge in [-0.3, -0.25) is 19.7 Å². The number of esters is 2. The zero-order valence-corrected chi connectivity index (χ0v) is 18.2. The minimum absolute atomic E-state index is 0.127. The molecule has 3 aromatic rings. The third-order valence-corrected chi connectivity index (χ3v) is 4.79. The molecule has 0 aliphatic rings. The molecule has 2 aromatic carbocycles. The van der Waals surface area contributed by atoms with Gasteiger partial charge in [0.05, 0.1) is 61.7 Å². The summed E-state index contributed by atoms with van der Waals surface area (Å²) in [5, 5.41) is 2.99. The first-order valence-corrected chi connectivity index (χ1v) is 9.67. The van der Waals surface area contributed by atoms with Crippen LogP contribution in [0.1, 0.15) is 28.5 Å². The second-order valence-electron chi connectivity index (χ2n) is 6.79. The molecule has 0 amide bonds. The van der Waals surface area contributed by atoms with E-state index in [0.29, 0.717) is 34.1 Å². The van der Waals surface area contributed by atoms with Crippen LogP contribution in [0.15, 0.2) is 58.3 Å². The molecule has 9 heteroatoms. The van der Waals surface area contributed by atoms with Gasteiger partial charge in [-0.25, -0.2) is 9.48 Å². The molecule has 0 bridgehead atoms. The van der Waals surface area contributed by atoms with Crippen molar-refractivity contribution in [3.8, 4) is 11.4 Å². The number of aromatic amines is 1. The number of ether oxygens (including phenoxy) is 3. The maximum Gasteiger partial charge on any atom is 0.337 e. The number of benzene rings is 2. The first-order valence-electron chi connectivity index (χ1n) is 9.67. The van der Waals surface area contributed by atoms with Crippen LogP contribution in [-0.4, -0.2) is 48.8 Å². The van der Waals surface area contributed by atoms with Crippen molar-refractivity contribution >= 4 is 23.3 Å². The van der Waals surface area contributed by atoms with Gasteiger partial charge < -0.3 is 14.2 Å². The maximum atomic E-state index is 13.2. The van der Waals surface area contributed by atoms with Crippen molar-refractivity contribution in [2.75, 3.05) is 21.3 Å². The fourth-order valence-corrected chi connectivity index (χ4v) is 3.15. The lowest BCUT2D eigenvalue weighted by Crippen LogP contribution is -2.20. The average molecular weight is 437 g/mol. The number of aromatic nitrogens is 2. The Balaban J connectivity index is 2.05. The molecule has 0 atom stereocenters. The highest BCUT2D eigenvalue weighted by molar-refractivity contribution is 6.01. The van der Waals surface area contributed by atoms with E-state index in [2.05, 4.69) is 10.1 Å². The molecule has 0 radical (unpaired) electrons. The topological polar surface area (TPSA) is 112 Å². The molecular weight excluding hydrogens is 414 g/mol. The van der Waals surface area contributed by atoms with Crippen molar-refractivity contribution in [2.45, 2.75) is 13.3 Å². The van der Waals surface area contributed by atoms with Gasteiger partial charge in [0.2, 0.25) is 0 Å². The number of nitrogens with one attached hydrogen (secondary N) is 1. The van der Waals surface area contributed by atoms with Gasteiger partial charge >= 0.3 is 11.9 Å². The number of rotatable bonds is 7. The number of carbonyl (C=O) groups excluding carboxylic acids is 2. The lowest BCUT2D eigenvalue weighted by molar-refractivity contribution is -0.139. The fraction of sp³-hybridized carbons (Fsp3) is 0.217. The van der Waals surface area contributed by atoms with E-state index >= 15 is 0 Å². The quantitative estimate of drug-likeness (QED) is 0.449. The van der Waals surface area contributed by atoms with Gasteiger partial charge in [0.1, 0.15) is 5.75 Å². The van der Waals surface area contributed by atoms with Gasteiger partial charge in [0.15, 0.2) is 0 Å². The zero-order valence-electron chi connectivity index (χ0n) is 18.2. The molecule has 0 spiro atoms. The van der Waals surface area contributed by atoms with E-state index in [0.717, 1.165) is 0 Å². The van der Waals surface area contributed by atoms with Crippen LogP contribution in [-0.2, 0) is 20.7 Å². The summed E-state index contributed by atoms with van der Waals surface area (Å²) in [6.45, 7) is 1.68. The van der Waals surface area contributed by atoms with E-state index in [1.807, 2.05) is 0 Å². The predicted molar refractivity (Wildman–Crippen MR) is 118 cm³/mol. The van der Waals surface area contributed by atoms with Gasteiger partial charge in [-0.05, 0) is 55.5 Å². The van der Waals surface area contributed by atoms with Gasteiger partial charge in [0.25, 0.3) is 5.56 Å². The summed E-state index contributed by atoms with van der Waals surface area (Å²) in [5.41, 5.74) is 2.19. The number of hydrogen-bond acceptors (Lipinski definition) is 7. The third-order valence-electron chi connectivity index (χ3n) is 4.79. The molecule has 32 heavy (non-hydrogen) atoms. The molecule has 3 rings (SSSR count). The number of methoxy groups -OCH3 is 3. The van der Waals surface area contributed by atoms with E-state index in [1.165, 1.54) is 18.9 Å². The van der Waals surface area contributed by atoms with Gasteiger partial charge in [-0.2, -0.15) is 0 Å². The second kappa shape index (κ2) is 9.78. The summed E-state index contributed by atoms with van der Waals surface area (Å²) >= 11 is 0. The fourth-order valence-electron chi connectivity index (χ4n) is 3.15. The second-order valence-corrected chi connectivity index (χ2v) is 6.79. The van der Waals surface area contributed by atoms with E-state index in [9.17, 15) is 14.4 Å². The summed E-state index contributed by atoms with van der Waals surface area (Å²) in [6.07, 6.45) is -0.127. The molecule has 166 valence electrons. The molecule has 0 aliphatic carbocycles. The lowest BCUT2D eigenvalue weighted by Gasteiger charge is -2.03. The minimum Gasteiger partial charge on any atom is -0.497 e. The largest absolute Gasteiger partial charge is 0.497 e. The van der Waals surface area contributed by atoms with Crippen molar-refractivity contribution in [3.05, 3.63) is 75.7 Å². The van der Waals surface area contributed by atoms with E-state index < -0.39 is 11.9 Å². The standard InChI is InChI=1S/C23H23N3O6/c1-14(24-16-7-5-15(6-8-16)23(29)32-4)21-19(13-20(27)31-3)25-26(22(21)28)17-9-11-18(30-2)12-10-17/h5-12,25H,13H2,1-4H3. The monoisotopic (exact) mass is 437 g/mol. The molecule has 0 saturated carbocycles. The molecule has 0 fully saturated rings. The number of hydrogen-bond donors (Lipinski definition) is 1. The highest BCUT2D eigenvalue weighted by atomic mass is 16.5. The molecule has 0 saturated heterocycles. The van der Waals surface area contributed by atoms with Crippen molar-refractivity contribution in [3.63, 3.8) is 0 Å². The summed E-state index contributed by atoms with van der Waals surface area (Å²) in [5.74, 6) is -0.299. The van der Waals surface area contributed by atoms with Crippen molar-refractivity contribution < 1.29 is 23.8 Å². The van der Waals surface area contributed by atoms with Crippen LogP contribution in [0.25, 0.3) is 5.69 Å². The summed E-state index contributed by atoms with van der Waals surface area (Å²) in [4.78, 5) is 41.3. The Morgan fingerprint density at radius 1 is 0.969 bits per heavy atom. The van der Waals surface area contributed by atoms with Gasteiger partial charge in [-0.1, -0.05) is 0 Å². The smallest absolute Gasteiger partial charge is 0.337 e. The molecule has 0 aliphatic heterocycles. The summed E-state index contributed by atoms with van der Waals surface area (Å²) in [6, 6.07) is 13.4.